The lowest BCUT2D eigenvalue weighted by atomic mass is 9.86. The van der Waals surface area contributed by atoms with E-state index in [-0.39, 0.29) is 12.0 Å². The molecule has 0 spiro atoms. The highest BCUT2D eigenvalue weighted by atomic mass is 19.2. The van der Waals surface area contributed by atoms with Crippen molar-refractivity contribution < 1.29 is 27.8 Å². The van der Waals surface area contributed by atoms with Gasteiger partial charge in [0.05, 0.1) is 21.3 Å². The van der Waals surface area contributed by atoms with Crippen molar-refractivity contribution in [2.45, 2.75) is 31.3 Å². The molecule has 0 radical (unpaired) electrons. The molecule has 4 rings (SSSR count). The predicted molar refractivity (Wildman–Crippen MR) is 129 cm³/mol. The van der Waals surface area contributed by atoms with Crippen LogP contribution in [0, 0.1) is 11.6 Å². The van der Waals surface area contributed by atoms with E-state index < -0.39 is 17.7 Å². The molecular formula is C28H29F2NO4. The van der Waals surface area contributed by atoms with Gasteiger partial charge in [-0.1, -0.05) is 36.4 Å². The molecule has 0 saturated heterocycles. The van der Waals surface area contributed by atoms with E-state index in [1.165, 1.54) is 13.2 Å². The van der Waals surface area contributed by atoms with Gasteiger partial charge >= 0.3 is 5.97 Å². The average Bonchev–Trinajstić information content (AvgIpc) is 2.89. The van der Waals surface area contributed by atoms with Crippen molar-refractivity contribution in [1.82, 2.24) is 4.90 Å². The molecule has 7 heteroatoms. The summed E-state index contributed by atoms with van der Waals surface area (Å²) in [4.78, 5) is 15.2. The molecule has 3 aromatic carbocycles. The van der Waals surface area contributed by atoms with Crippen LogP contribution in [-0.2, 0) is 22.4 Å². The van der Waals surface area contributed by atoms with Crippen molar-refractivity contribution in [2.24, 2.45) is 0 Å². The Labute approximate surface area is 204 Å². The molecule has 2 atom stereocenters. The maximum Gasteiger partial charge on any atom is 0.327 e. The number of benzene rings is 3. The van der Waals surface area contributed by atoms with Crippen LogP contribution in [0.15, 0.2) is 60.7 Å². The summed E-state index contributed by atoms with van der Waals surface area (Å²) in [6, 6.07) is 16.6. The summed E-state index contributed by atoms with van der Waals surface area (Å²) in [5.74, 6) is -0.846. The van der Waals surface area contributed by atoms with Crippen molar-refractivity contribution >= 4 is 5.97 Å². The number of esters is 1. The van der Waals surface area contributed by atoms with Gasteiger partial charge in [0, 0.05) is 12.6 Å². The zero-order valence-corrected chi connectivity index (χ0v) is 20.1. The van der Waals surface area contributed by atoms with Gasteiger partial charge in [-0.2, -0.15) is 0 Å². The van der Waals surface area contributed by atoms with Crippen molar-refractivity contribution in [2.75, 3.05) is 27.9 Å². The fraction of sp³-hybridized carbons (Fsp3) is 0.321. The molecule has 5 nitrogen and oxygen atoms in total. The second-order valence-corrected chi connectivity index (χ2v) is 8.53. The molecule has 0 amide bonds. The largest absolute Gasteiger partial charge is 0.493 e. The summed E-state index contributed by atoms with van der Waals surface area (Å²) in [6.07, 6.45) is 1.78. The Morgan fingerprint density at radius 3 is 2.34 bits per heavy atom. The highest BCUT2D eigenvalue weighted by molar-refractivity contribution is 5.77. The summed E-state index contributed by atoms with van der Waals surface area (Å²) in [5, 5.41) is 0. The molecule has 0 aliphatic carbocycles. The number of methoxy groups -OCH3 is 3. The Kier molecular flexibility index (Phi) is 7.66. The first-order valence-electron chi connectivity index (χ1n) is 11.5. The normalized spacial score (nSPS) is 16.3. The molecule has 35 heavy (non-hydrogen) atoms. The lowest BCUT2D eigenvalue weighted by Crippen LogP contribution is -2.42. The number of carbonyl (C=O) groups excluding carboxylic acids is 1. The highest BCUT2D eigenvalue weighted by Gasteiger charge is 2.38. The second-order valence-electron chi connectivity index (χ2n) is 8.53. The van der Waals surface area contributed by atoms with E-state index in [0.29, 0.717) is 42.9 Å². The number of hydrogen-bond donors (Lipinski definition) is 0. The third-order valence-corrected chi connectivity index (χ3v) is 6.61. The number of ether oxygens (including phenoxy) is 3. The first kappa shape index (κ1) is 24.7. The smallest absolute Gasteiger partial charge is 0.327 e. The molecule has 0 aromatic heterocycles. The van der Waals surface area contributed by atoms with Gasteiger partial charge in [0.2, 0.25) is 0 Å². The van der Waals surface area contributed by atoms with Crippen molar-refractivity contribution in [3.05, 3.63) is 94.6 Å². The van der Waals surface area contributed by atoms with Crippen LogP contribution in [0.25, 0.3) is 0 Å². The topological polar surface area (TPSA) is 48.0 Å². The van der Waals surface area contributed by atoms with Crippen LogP contribution in [0.5, 0.6) is 11.5 Å². The Hall–Kier alpha value is -3.45. The van der Waals surface area contributed by atoms with Gasteiger partial charge in [-0.25, -0.2) is 13.6 Å². The van der Waals surface area contributed by atoms with Gasteiger partial charge in [0.25, 0.3) is 0 Å². The Morgan fingerprint density at radius 2 is 1.69 bits per heavy atom. The fourth-order valence-corrected chi connectivity index (χ4v) is 4.89. The van der Waals surface area contributed by atoms with Crippen LogP contribution in [0.3, 0.4) is 0 Å². The van der Waals surface area contributed by atoms with Crippen LogP contribution in [0.2, 0.25) is 0 Å². The number of nitrogens with zero attached hydrogens (tertiary/aromatic N) is 1. The van der Waals surface area contributed by atoms with E-state index in [0.717, 1.165) is 22.8 Å². The van der Waals surface area contributed by atoms with Crippen molar-refractivity contribution in [3.8, 4) is 11.5 Å². The zero-order chi connectivity index (χ0) is 24.9. The number of halogens is 2. The first-order chi connectivity index (χ1) is 17.0. The monoisotopic (exact) mass is 481 g/mol. The zero-order valence-electron chi connectivity index (χ0n) is 20.1. The third-order valence-electron chi connectivity index (χ3n) is 6.61. The molecule has 0 bridgehead atoms. The van der Waals surface area contributed by atoms with E-state index >= 15 is 0 Å². The summed E-state index contributed by atoms with van der Waals surface area (Å²) < 4.78 is 43.6. The van der Waals surface area contributed by atoms with E-state index in [1.807, 2.05) is 42.5 Å². The maximum absolute atomic E-state index is 13.9. The van der Waals surface area contributed by atoms with Gasteiger partial charge in [0.15, 0.2) is 23.1 Å². The van der Waals surface area contributed by atoms with Crippen LogP contribution < -0.4 is 9.47 Å². The molecule has 0 fully saturated rings. The molecule has 0 N–H and O–H groups in total. The standard InChI is InChI=1S/C28H29F2NO4/c1-33-25-16-20-13-14-31(27(28(32)35-3)19-7-5-4-6-8-19)24(21(20)17-26(25)34-2)12-10-18-9-11-22(29)23(30)15-18/h4-9,11,15-17,24,27H,10,12-14H2,1-3H3. The molecule has 184 valence electrons. The van der Waals surface area contributed by atoms with E-state index in [9.17, 15) is 13.6 Å². The minimum atomic E-state index is -0.870. The van der Waals surface area contributed by atoms with Crippen LogP contribution in [0.4, 0.5) is 8.78 Å². The molecule has 0 saturated carbocycles. The minimum absolute atomic E-state index is 0.198. The molecule has 1 aliphatic rings. The molecule has 3 aromatic rings. The second kappa shape index (κ2) is 10.9. The Bertz CT molecular complexity index is 1190. The van der Waals surface area contributed by atoms with Gasteiger partial charge in [-0.05, 0) is 65.8 Å². The van der Waals surface area contributed by atoms with Crippen molar-refractivity contribution in [3.63, 3.8) is 0 Å². The van der Waals surface area contributed by atoms with Crippen molar-refractivity contribution in [1.29, 1.82) is 0 Å². The third kappa shape index (κ3) is 5.15. The summed E-state index contributed by atoms with van der Waals surface area (Å²) >= 11 is 0. The van der Waals surface area contributed by atoms with Crippen LogP contribution >= 0.6 is 0 Å². The van der Waals surface area contributed by atoms with Crippen LogP contribution in [-0.4, -0.2) is 38.7 Å². The number of carbonyl (C=O) groups is 1. The number of aryl methyl sites for hydroxylation is 1. The molecule has 1 heterocycles. The van der Waals surface area contributed by atoms with E-state index in [2.05, 4.69) is 4.90 Å². The van der Waals surface area contributed by atoms with Crippen LogP contribution in [0.1, 0.15) is 40.8 Å². The maximum atomic E-state index is 13.9. The summed E-state index contributed by atoms with van der Waals surface area (Å²) in [6.45, 7) is 0.611. The van der Waals surface area contributed by atoms with E-state index in [4.69, 9.17) is 14.2 Å². The van der Waals surface area contributed by atoms with Gasteiger partial charge in [-0.15, -0.1) is 0 Å². The summed E-state index contributed by atoms with van der Waals surface area (Å²) in [7, 11) is 4.57. The van der Waals surface area contributed by atoms with E-state index in [1.54, 1.807) is 20.3 Å². The lowest BCUT2D eigenvalue weighted by molar-refractivity contribution is -0.148. The lowest BCUT2D eigenvalue weighted by Gasteiger charge is -2.41. The average molecular weight is 482 g/mol. The Morgan fingerprint density at radius 1 is 0.971 bits per heavy atom. The summed E-state index contributed by atoms with van der Waals surface area (Å²) in [5.41, 5.74) is 3.64. The predicted octanol–water partition coefficient (Wildman–Crippen LogP) is 5.43. The van der Waals surface area contributed by atoms with Gasteiger partial charge < -0.3 is 14.2 Å². The highest BCUT2D eigenvalue weighted by Crippen LogP contribution is 2.43. The SMILES string of the molecule is COC(=O)C(c1ccccc1)N1CCc2cc(OC)c(OC)cc2C1CCc1ccc(F)c(F)c1. The molecule has 2 unspecified atom stereocenters. The molecule has 1 aliphatic heterocycles. The number of rotatable bonds is 8. The fourth-order valence-electron chi connectivity index (χ4n) is 4.89. The number of hydrogen-bond acceptors (Lipinski definition) is 5. The number of fused-ring (bicyclic) bond motifs is 1. The molecular weight excluding hydrogens is 452 g/mol. The van der Waals surface area contributed by atoms with Gasteiger partial charge in [0.1, 0.15) is 6.04 Å². The first-order valence-corrected chi connectivity index (χ1v) is 11.5. The van der Waals surface area contributed by atoms with Gasteiger partial charge in [-0.3, -0.25) is 4.90 Å². The Balaban J connectivity index is 1.77. The minimum Gasteiger partial charge on any atom is -0.493 e. The quantitative estimate of drug-likeness (QED) is 0.402.